The number of hydrogen-bond donors (Lipinski definition) is 1. The molecule has 1 atom stereocenters. The molecule has 5 heteroatoms. The van der Waals surface area contributed by atoms with Crippen molar-refractivity contribution < 1.29 is 9.59 Å². The number of nitrogens with zero attached hydrogens (tertiary/aromatic N) is 2. The second-order valence-corrected chi connectivity index (χ2v) is 6.57. The first kappa shape index (κ1) is 16.1. The van der Waals surface area contributed by atoms with Gasteiger partial charge in [-0.1, -0.05) is 19.3 Å². The molecule has 120 valence electrons. The van der Waals surface area contributed by atoms with Crippen LogP contribution in [0.5, 0.6) is 0 Å². The summed E-state index contributed by atoms with van der Waals surface area (Å²) in [6.45, 7) is 1.30. The minimum absolute atomic E-state index is 0.0228. The first-order valence-electron chi connectivity index (χ1n) is 8.34. The Balaban J connectivity index is 1.79. The van der Waals surface area contributed by atoms with E-state index in [-0.39, 0.29) is 11.9 Å². The van der Waals surface area contributed by atoms with Gasteiger partial charge in [-0.25, -0.2) is 4.79 Å². The molecule has 1 saturated heterocycles. The van der Waals surface area contributed by atoms with Gasteiger partial charge in [-0.05, 0) is 31.6 Å². The van der Waals surface area contributed by atoms with Gasteiger partial charge in [0.05, 0.1) is 0 Å². The van der Waals surface area contributed by atoms with E-state index in [0.29, 0.717) is 24.9 Å². The van der Waals surface area contributed by atoms with Crippen LogP contribution in [0.2, 0.25) is 0 Å². The summed E-state index contributed by atoms with van der Waals surface area (Å²) in [6, 6.07) is 0.449. The Bertz CT molecular complexity index is 365. The van der Waals surface area contributed by atoms with E-state index in [4.69, 9.17) is 0 Å². The second-order valence-electron chi connectivity index (χ2n) is 6.57. The maximum absolute atomic E-state index is 12.3. The average Bonchev–Trinajstić information content (AvgIpc) is 2.97. The van der Waals surface area contributed by atoms with Gasteiger partial charge in [-0.2, -0.15) is 0 Å². The molecular weight excluding hydrogens is 266 g/mol. The van der Waals surface area contributed by atoms with Gasteiger partial charge in [0.2, 0.25) is 5.91 Å². The lowest BCUT2D eigenvalue weighted by Crippen LogP contribution is -2.46. The zero-order valence-electron chi connectivity index (χ0n) is 13.4. The number of likely N-dealkylation sites (tertiary alicyclic amines) is 1. The SMILES string of the molecule is CN(C)C(=O)CCNC(=O)N1CCCC1C1CCCCC1. The third-order valence-electron chi connectivity index (χ3n) is 4.87. The highest BCUT2D eigenvalue weighted by Gasteiger charge is 2.34. The Hall–Kier alpha value is -1.26. The van der Waals surface area contributed by atoms with Crippen molar-refractivity contribution in [1.82, 2.24) is 15.1 Å². The van der Waals surface area contributed by atoms with Gasteiger partial charge >= 0.3 is 6.03 Å². The Labute approximate surface area is 128 Å². The molecule has 1 N–H and O–H groups in total. The van der Waals surface area contributed by atoms with Crippen LogP contribution >= 0.6 is 0 Å². The van der Waals surface area contributed by atoms with Crippen LogP contribution < -0.4 is 5.32 Å². The highest BCUT2D eigenvalue weighted by molar-refractivity contribution is 5.78. The summed E-state index contributed by atoms with van der Waals surface area (Å²) in [6.07, 6.45) is 9.16. The van der Waals surface area contributed by atoms with Crippen LogP contribution in [0.3, 0.4) is 0 Å². The van der Waals surface area contributed by atoms with Crippen LogP contribution in [0.1, 0.15) is 51.4 Å². The highest BCUT2D eigenvalue weighted by atomic mass is 16.2. The fourth-order valence-corrected chi connectivity index (χ4v) is 3.66. The molecule has 0 aromatic heterocycles. The average molecular weight is 295 g/mol. The zero-order valence-corrected chi connectivity index (χ0v) is 13.4. The summed E-state index contributed by atoms with van der Waals surface area (Å²) in [5.41, 5.74) is 0. The molecular formula is C16H29N3O2. The molecule has 1 unspecified atom stereocenters. The molecule has 5 nitrogen and oxygen atoms in total. The largest absolute Gasteiger partial charge is 0.349 e. The molecule has 0 bridgehead atoms. The number of urea groups is 1. The van der Waals surface area contributed by atoms with Crippen molar-refractivity contribution in [1.29, 1.82) is 0 Å². The zero-order chi connectivity index (χ0) is 15.2. The lowest BCUT2D eigenvalue weighted by Gasteiger charge is -2.34. The molecule has 0 spiro atoms. The fraction of sp³-hybridized carbons (Fsp3) is 0.875. The number of rotatable bonds is 4. The first-order valence-corrected chi connectivity index (χ1v) is 8.34. The summed E-state index contributed by atoms with van der Waals surface area (Å²) in [5.74, 6) is 0.746. The predicted octanol–water partition coefficient (Wildman–Crippen LogP) is 2.22. The van der Waals surface area contributed by atoms with E-state index in [2.05, 4.69) is 5.32 Å². The fourth-order valence-electron chi connectivity index (χ4n) is 3.66. The topological polar surface area (TPSA) is 52.7 Å². The lowest BCUT2D eigenvalue weighted by atomic mass is 9.83. The van der Waals surface area contributed by atoms with Crippen molar-refractivity contribution >= 4 is 11.9 Å². The Kier molecular flexibility index (Phi) is 5.88. The molecule has 0 aromatic carbocycles. The van der Waals surface area contributed by atoms with E-state index in [1.165, 1.54) is 32.1 Å². The number of nitrogens with one attached hydrogen (secondary N) is 1. The quantitative estimate of drug-likeness (QED) is 0.864. The van der Waals surface area contributed by atoms with Gasteiger partial charge in [-0.3, -0.25) is 4.79 Å². The molecule has 2 aliphatic rings. The van der Waals surface area contributed by atoms with Crippen LogP contribution in [0, 0.1) is 5.92 Å². The summed E-state index contributed by atoms with van der Waals surface area (Å²) in [7, 11) is 3.48. The van der Waals surface area contributed by atoms with E-state index >= 15 is 0 Å². The molecule has 2 fully saturated rings. The number of carbonyl (C=O) groups is 2. The molecule has 3 amide bonds. The van der Waals surface area contributed by atoms with Crippen molar-refractivity contribution in [3.8, 4) is 0 Å². The van der Waals surface area contributed by atoms with Crippen LogP contribution in [0.15, 0.2) is 0 Å². The van der Waals surface area contributed by atoms with Crippen LogP contribution in [0.25, 0.3) is 0 Å². The third-order valence-corrected chi connectivity index (χ3v) is 4.87. The third kappa shape index (κ3) is 4.35. The Morgan fingerprint density at radius 3 is 2.48 bits per heavy atom. The maximum atomic E-state index is 12.3. The van der Waals surface area contributed by atoms with Gasteiger partial charge in [0, 0.05) is 39.6 Å². The summed E-state index contributed by atoms with van der Waals surface area (Å²) in [5, 5.41) is 2.92. The molecule has 21 heavy (non-hydrogen) atoms. The molecule has 1 saturated carbocycles. The van der Waals surface area contributed by atoms with Crippen LogP contribution in [-0.4, -0.2) is 55.0 Å². The van der Waals surface area contributed by atoms with E-state index < -0.39 is 0 Å². The van der Waals surface area contributed by atoms with Gasteiger partial charge in [-0.15, -0.1) is 0 Å². The van der Waals surface area contributed by atoms with Crippen molar-refractivity contribution in [2.45, 2.75) is 57.4 Å². The van der Waals surface area contributed by atoms with Gasteiger partial charge in [0.1, 0.15) is 0 Å². The van der Waals surface area contributed by atoms with Crippen molar-refractivity contribution in [3.05, 3.63) is 0 Å². The first-order chi connectivity index (χ1) is 10.1. The summed E-state index contributed by atoms with van der Waals surface area (Å²) >= 11 is 0. The van der Waals surface area contributed by atoms with E-state index in [1.807, 2.05) is 4.90 Å². The van der Waals surface area contributed by atoms with Gasteiger partial charge < -0.3 is 15.1 Å². The standard InChI is InChI=1S/C16H29N3O2/c1-18(2)15(20)10-11-17-16(21)19-12-6-9-14(19)13-7-4-3-5-8-13/h13-14H,3-12H2,1-2H3,(H,17,21). The molecule has 0 aromatic rings. The summed E-state index contributed by atoms with van der Waals surface area (Å²) in [4.78, 5) is 27.4. The second kappa shape index (κ2) is 7.66. The normalized spacial score (nSPS) is 23.1. The highest BCUT2D eigenvalue weighted by Crippen LogP contribution is 2.34. The lowest BCUT2D eigenvalue weighted by molar-refractivity contribution is -0.128. The van der Waals surface area contributed by atoms with Gasteiger partial charge in [0.25, 0.3) is 0 Å². The smallest absolute Gasteiger partial charge is 0.317 e. The molecule has 2 rings (SSSR count). The minimum Gasteiger partial charge on any atom is -0.349 e. The van der Waals surface area contributed by atoms with E-state index in [0.717, 1.165) is 19.4 Å². The monoisotopic (exact) mass is 295 g/mol. The van der Waals surface area contributed by atoms with E-state index in [1.54, 1.807) is 19.0 Å². The maximum Gasteiger partial charge on any atom is 0.317 e. The van der Waals surface area contributed by atoms with Crippen molar-refractivity contribution in [3.63, 3.8) is 0 Å². The van der Waals surface area contributed by atoms with E-state index in [9.17, 15) is 9.59 Å². The number of amides is 3. The predicted molar refractivity (Wildman–Crippen MR) is 83.0 cm³/mol. The Morgan fingerprint density at radius 1 is 1.10 bits per heavy atom. The molecule has 1 heterocycles. The molecule has 1 aliphatic heterocycles. The number of carbonyl (C=O) groups excluding carboxylic acids is 2. The minimum atomic E-state index is 0.0228. The molecule has 1 aliphatic carbocycles. The van der Waals surface area contributed by atoms with Crippen molar-refractivity contribution in [2.75, 3.05) is 27.2 Å². The Morgan fingerprint density at radius 2 is 1.81 bits per heavy atom. The van der Waals surface area contributed by atoms with Crippen molar-refractivity contribution in [2.24, 2.45) is 5.92 Å². The van der Waals surface area contributed by atoms with Crippen LogP contribution in [-0.2, 0) is 4.79 Å². The van der Waals surface area contributed by atoms with Crippen LogP contribution in [0.4, 0.5) is 4.79 Å². The molecule has 0 radical (unpaired) electrons. The van der Waals surface area contributed by atoms with Gasteiger partial charge in [0.15, 0.2) is 0 Å². The summed E-state index contributed by atoms with van der Waals surface area (Å²) < 4.78 is 0. The number of hydrogen-bond acceptors (Lipinski definition) is 2.